The van der Waals surface area contributed by atoms with Crippen LogP contribution in [0.2, 0.25) is 0 Å². The average molecular weight is 394 g/mol. The first-order valence-corrected chi connectivity index (χ1v) is 8.72. The zero-order valence-corrected chi connectivity index (χ0v) is 15.9. The van der Waals surface area contributed by atoms with Crippen molar-refractivity contribution < 1.29 is 28.1 Å². The molecule has 0 saturated heterocycles. The summed E-state index contributed by atoms with van der Waals surface area (Å²) in [5.74, 6) is 1.08. The number of hydrogen-bond acceptors (Lipinski definition) is 5. The summed E-state index contributed by atoms with van der Waals surface area (Å²) in [7, 11) is 2.74. The van der Waals surface area contributed by atoms with Gasteiger partial charge in [-0.05, 0) is 42.5 Å². The Balaban J connectivity index is 1.86. The third-order valence-corrected chi connectivity index (χ3v) is 3.90. The van der Waals surface area contributed by atoms with Gasteiger partial charge in [0.1, 0.15) is 34.4 Å². The van der Waals surface area contributed by atoms with Gasteiger partial charge in [0.15, 0.2) is 0 Å². The van der Waals surface area contributed by atoms with Crippen molar-refractivity contribution >= 4 is 11.5 Å². The van der Waals surface area contributed by atoms with E-state index >= 15 is 0 Å². The van der Waals surface area contributed by atoms with Crippen LogP contribution in [0.4, 0.5) is 4.39 Å². The topological polar surface area (TPSA) is 54.0 Å². The van der Waals surface area contributed by atoms with Crippen LogP contribution in [0.5, 0.6) is 23.0 Å². The van der Waals surface area contributed by atoms with Crippen LogP contribution in [0.1, 0.15) is 5.56 Å². The van der Waals surface area contributed by atoms with Gasteiger partial charge in [-0.1, -0.05) is 24.3 Å². The summed E-state index contributed by atoms with van der Waals surface area (Å²) >= 11 is 0. The molecule has 3 aromatic rings. The minimum atomic E-state index is -0.545. The molecule has 0 unspecified atom stereocenters. The Morgan fingerprint density at radius 2 is 1.52 bits per heavy atom. The number of ether oxygens (including phenoxy) is 4. The summed E-state index contributed by atoms with van der Waals surface area (Å²) < 4.78 is 34.6. The smallest absolute Gasteiger partial charge is 0.341 e. The monoisotopic (exact) mass is 394 g/mol. The number of carbonyl (C=O) groups excluding carboxylic acids is 1. The largest absolute Gasteiger partial charge is 0.503 e. The zero-order valence-electron chi connectivity index (χ0n) is 15.9. The molecule has 0 atom stereocenters. The zero-order chi connectivity index (χ0) is 20.6. The highest BCUT2D eigenvalue weighted by molar-refractivity contribution is 6.17. The standard InChI is InChI=1S/C23H19FO5/c1-26-15-21(23(25)27-2)20-8-3-4-9-22(20)29-19-7-5-6-18(14-19)28-17-12-10-16(24)11-13-17/h3-15H,1-2H3. The lowest BCUT2D eigenvalue weighted by molar-refractivity contribution is -0.133. The highest BCUT2D eigenvalue weighted by atomic mass is 19.1. The van der Waals surface area contributed by atoms with E-state index in [1.165, 1.54) is 44.7 Å². The number of methoxy groups -OCH3 is 2. The van der Waals surface area contributed by atoms with Crippen LogP contribution in [-0.2, 0) is 14.3 Å². The Bertz CT molecular complexity index is 1010. The molecule has 0 fully saturated rings. The molecule has 0 aliphatic rings. The molecular formula is C23H19FO5. The average Bonchev–Trinajstić information content (AvgIpc) is 2.74. The fraction of sp³-hybridized carbons (Fsp3) is 0.0870. The molecule has 0 aliphatic carbocycles. The Labute approximate surface area is 167 Å². The van der Waals surface area contributed by atoms with Crippen LogP contribution in [0.3, 0.4) is 0 Å². The van der Waals surface area contributed by atoms with Gasteiger partial charge in [-0.15, -0.1) is 0 Å². The van der Waals surface area contributed by atoms with Crippen molar-refractivity contribution in [3.63, 3.8) is 0 Å². The molecule has 0 aliphatic heterocycles. The summed E-state index contributed by atoms with van der Waals surface area (Å²) in [4.78, 5) is 12.1. The molecule has 0 N–H and O–H groups in total. The molecule has 5 nitrogen and oxygen atoms in total. The molecule has 148 valence electrons. The van der Waals surface area contributed by atoms with E-state index < -0.39 is 5.97 Å². The van der Waals surface area contributed by atoms with E-state index in [0.29, 0.717) is 28.6 Å². The van der Waals surface area contributed by atoms with Crippen LogP contribution in [-0.4, -0.2) is 20.2 Å². The summed E-state index contributed by atoms with van der Waals surface area (Å²) in [6.07, 6.45) is 1.31. The molecule has 0 aromatic heterocycles. The van der Waals surface area contributed by atoms with Gasteiger partial charge < -0.3 is 18.9 Å². The SMILES string of the molecule is COC=C(C(=O)OC)c1ccccc1Oc1cccc(Oc2ccc(F)cc2)c1. The van der Waals surface area contributed by atoms with E-state index in [1.54, 1.807) is 48.5 Å². The highest BCUT2D eigenvalue weighted by Gasteiger charge is 2.18. The van der Waals surface area contributed by atoms with Crippen LogP contribution in [0, 0.1) is 5.82 Å². The molecule has 29 heavy (non-hydrogen) atoms. The predicted molar refractivity (Wildman–Crippen MR) is 106 cm³/mol. The Morgan fingerprint density at radius 3 is 2.21 bits per heavy atom. The lowest BCUT2D eigenvalue weighted by atomic mass is 10.1. The first-order valence-electron chi connectivity index (χ1n) is 8.72. The lowest BCUT2D eigenvalue weighted by Crippen LogP contribution is -2.05. The molecular weight excluding hydrogens is 375 g/mol. The predicted octanol–water partition coefficient (Wildman–Crippen LogP) is 5.57. The molecule has 3 rings (SSSR count). The molecule has 0 bridgehead atoms. The maximum absolute atomic E-state index is 13.1. The summed E-state index contributed by atoms with van der Waals surface area (Å²) in [6.45, 7) is 0. The van der Waals surface area contributed by atoms with Gasteiger partial charge in [0.05, 0.1) is 20.5 Å². The van der Waals surface area contributed by atoms with Crippen LogP contribution in [0.15, 0.2) is 79.1 Å². The first kappa shape index (κ1) is 19.9. The van der Waals surface area contributed by atoms with E-state index in [2.05, 4.69) is 0 Å². The second-order valence-electron chi connectivity index (χ2n) is 5.89. The number of halogens is 1. The molecule has 0 heterocycles. The van der Waals surface area contributed by atoms with E-state index in [4.69, 9.17) is 18.9 Å². The Kier molecular flexibility index (Phi) is 6.47. The first-order chi connectivity index (χ1) is 14.1. The fourth-order valence-electron chi connectivity index (χ4n) is 2.59. The summed E-state index contributed by atoms with van der Waals surface area (Å²) in [5, 5.41) is 0. The Hall–Kier alpha value is -3.80. The third-order valence-electron chi connectivity index (χ3n) is 3.90. The molecule has 0 amide bonds. The van der Waals surface area contributed by atoms with Gasteiger partial charge in [0, 0.05) is 11.6 Å². The van der Waals surface area contributed by atoms with Gasteiger partial charge in [-0.3, -0.25) is 0 Å². The van der Waals surface area contributed by atoms with Crippen molar-refractivity contribution in [2.45, 2.75) is 0 Å². The van der Waals surface area contributed by atoms with Crippen molar-refractivity contribution in [3.8, 4) is 23.0 Å². The van der Waals surface area contributed by atoms with Crippen molar-refractivity contribution in [3.05, 3.63) is 90.4 Å². The van der Waals surface area contributed by atoms with Crippen LogP contribution >= 0.6 is 0 Å². The maximum Gasteiger partial charge on any atom is 0.341 e. The number of para-hydroxylation sites is 1. The highest BCUT2D eigenvalue weighted by Crippen LogP contribution is 2.33. The quantitative estimate of drug-likeness (QED) is 0.298. The molecule has 0 radical (unpaired) electrons. The van der Waals surface area contributed by atoms with Gasteiger partial charge in [0.25, 0.3) is 0 Å². The number of benzene rings is 3. The van der Waals surface area contributed by atoms with E-state index in [9.17, 15) is 9.18 Å². The number of hydrogen-bond donors (Lipinski definition) is 0. The van der Waals surface area contributed by atoms with Gasteiger partial charge in [0.2, 0.25) is 0 Å². The van der Waals surface area contributed by atoms with Gasteiger partial charge in [-0.2, -0.15) is 0 Å². The third kappa shape index (κ3) is 5.13. The lowest BCUT2D eigenvalue weighted by Gasteiger charge is -2.13. The van der Waals surface area contributed by atoms with Crippen molar-refractivity contribution in [2.75, 3.05) is 14.2 Å². The van der Waals surface area contributed by atoms with E-state index in [-0.39, 0.29) is 11.4 Å². The molecule has 3 aromatic carbocycles. The summed E-state index contributed by atoms with van der Waals surface area (Å²) in [5.41, 5.74) is 0.746. The van der Waals surface area contributed by atoms with Crippen molar-refractivity contribution in [1.29, 1.82) is 0 Å². The van der Waals surface area contributed by atoms with Crippen LogP contribution < -0.4 is 9.47 Å². The van der Waals surface area contributed by atoms with E-state index in [1.807, 2.05) is 0 Å². The second-order valence-corrected chi connectivity index (χ2v) is 5.89. The molecule has 0 saturated carbocycles. The number of rotatable bonds is 7. The molecule has 0 spiro atoms. The van der Waals surface area contributed by atoms with E-state index in [0.717, 1.165) is 0 Å². The number of carbonyl (C=O) groups is 1. The van der Waals surface area contributed by atoms with Crippen LogP contribution in [0.25, 0.3) is 5.57 Å². The summed E-state index contributed by atoms with van der Waals surface area (Å²) in [6, 6.07) is 19.7. The van der Waals surface area contributed by atoms with Gasteiger partial charge >= 0.3 is 5.97 Å². The minimum Gasteiger partial charge on any atom is -0.503 e. The number of esters is 1. The normalized spacial score (nSPS) is 10.9. The second kappa shape index (κ2) is 9.41. The fourth-order valence-corrected chi connectivity index (χ4v) is 2.59. The molecule has 6 heteroatoms. The van der Waals surface area contributed by atoms with Crippen molar-refractivity contribution in [2.24, 2.45) is 0 Å². The maximum atomic E-state index is 13.1. The van der Waals surface area contributed by atoms with Crippen molar-refractivity contribution in [1.82, 2.24) is 0 Å². The Morgan fingerprint density at radius 1 is 0.828 bits per heavy atom. The van der Waals surface area contributed by atoms with Gasteiger partial charge in [-0.25, -0.2) is 9.18 Å². The minimum absolute atomic E-state index is 0.226.